The van der Waals surface area contributed by atoms with Gasteiger partial charge in [0, 0.05) is 38.1 Å². The summed E-state index contributed by atoms with van der Waals surface area (Å²) in [6.07, 6.45) is 5.60. The zero-order valence-electron chi connectivity index (χ0n) is 15.5. The molecular weight excluding hydrogens is 322 g/mol. The molecule has 0 aliphatic carbocycles. The molecular formula is C21H27N5. The molecule has 2 aliphatic rings. The summed E-state index contributed by atoms with van der Waals surface area (Å²) in [5.41, 5.74) is 3.82. The van der Waals surface area contributed by atoms with E-state index in [0.29, 0.717) is 6.54 Å². The van der Waals surface area contributed by atoms with E-state index in [2.05, 4.69) is 63.4 Å². The van der Waals surface area contributed by atoms with Crippen molar-refractivity contribution in [3.05, 3.63) is 53.7 Å². The fraction of sp³-hybridized carbons (Fsp3) is 0.429. The predicted octanol–water partition coefficient (Wildman–Crippen LogP) is 3.21. The van der Waals surface area contributed by atoms with Gasteiger partial charge in [0.25, 0.3) is 0 Å². The van der Waals surface area contributed by atoms with Gasteiger partial charge in [-0.15, -0.1) is 0 Å². The van der Waals surface area contributed by atoms with Gasteiger partial charge in [-0.1, -0.05) is 24.3 Å². The van der Waals surface area contributed by atoms with Crippen LogP contribution in [0.2, 0.25) is 0 Å². The van der Waals surface area contributed by atoms with E-state index in [1.165, 1.54) is 24.1 Å². The smallest absolute Gasteiger partial charge is 0.198 e. The molecule has 0 amide bonds. The molecule has 5 heteroatoms. The number of anilines is 2. The second kappa shape index (κ2) is 7.77. The first-order valence-electron chi connectivity index (χ1n) is 9.69. The number of pyridine rings is 1. The monoisotopic (exact) mass is 349 g/mol. The third kappa shape index (κ3) is 3.52. The second-order valence-electron chi connectivity index (χ2n) is 6.92. The highest BCUT2D eigenvalue weighted by atomic mass is 15.3. The van der Waals surface area contributed by atoms with Crippen LogP contribution in [0.25, 0.3) is 0 Å². The van der Waals surface area contributed by atoms with Crippen LogP contribution in [0.15, 0.2) is 47.6 Å². The van der Waals surface area contributed by atoms with Gasteiger partial charge in [-0.25, -0.2) is 9.98 Å². The number of rotatable bonds is 4. The number of nitrogens with one attached hydrogen (secondary N) is 1. The number of para-hydroxylation sites is 1. The molecule has 0 saturated carbocycles. The summed E-state index contributed by atoms with van der Waals surface area (Å²) in [6, 6.07) is 12.9. The summed E-state index contributed by atoms with van der Waals surface area (Å²) in [7, 11) is 0. The molecule has 0 unspecified atom stereocenters. The van der Waals surface area contributed by atoms with Crippen LogP contribution >= 0.6 is 0 Å². The number of guanidine groups is 1. The summed E-state index contributed by atoms with van der Waals surface area (Å²) in [6.45, 7) is 6.87. The summed E-state index contributed by atoms with van der Waals surface area (Å²) in [5, 5.41) is 3.44. The summed E-state index contributed by atoms with van der Waals surface area (Å²) in [5.74, 6) is 2.05. The van der Waals surface area contributed by atoms with E-state index >= 15 is 0 Å². The first kappa shape index (κ1) is 16.9. The van der Waals surface area contributed by atoms with Crippen LogP contribution in [0.4, 0.5) is 11.5 Å². The molecule has 0 radical (unpaired) electrons. The van der Waals surface area contributed by atoms with Crippen LogP contribution in [-0.4, -0.2) is 37.1 Å². The lowest BCUT2D eigenvalue weighted by atomic mass is 10.2. The van der Waals surface area contributed by atoms with Gasteiger partial charge in [-0.2, -0.15) is 0 Å². The van der Waals surface area contributed by atoms with Crippen molar-refractivity contribution in [2.75, 3.05) is 36.0 Å². The van der Waals surface area contributed by atoms with Gasteiger partial charge < -0.3 is 15.1 Å². The van der Waals surface area contributed by atoms with Crippen molar-refractivity contribution in [2.45, 2.75) is 32.7 Å². The van der Waals surface area contributed by atoms with Crippen molar-refractivity contribution in [1.29, 1.82) is 0 Å². The van der Waals surface area contributed by atoms with Crippen LogP contribution in [0, 0.1) is 0 Å². The van der Waals surface area contributed by atoms with Gasteiger partial charge in [-0.05, 0) is 49.4 Å². The maximum atomic E-state index is 4.87. The third-order valence-electron chi connectivity index (χ3n) is 5.13. The molecule has 1 aromatic carbocycles. The van der Waals surface area contributed by atoms with Crippen LogP contribution in [0.5, 0.6) is 0 Å². The maximum absolute atomic E-state index is 4.87. The average molecular weight is 349 g/mol. The minimum absolute atomic E-state index is 0.647. The minimum atomic E-state index is 0.647. The predicted molar refractivity (Wildman–Crippen MR) is 108 cm³/mol. The molecule has 26 heavy (non-hydrogen) atoms. The lowest BCUT2D eigenvalue weighted by Crippen LogP contribution is -2.40. The van der Waals surface area contributed by atoms with Gasteiger partial charge in [-0.3, -0.25) is 0 Å². The molecule has 1 aromatic heterocycles. The Morgan fingerprint density at radius 1 is 1.12 bits per heavy atom. The van der Waals surface area contributed by atoms with Gasteiger partial charge in [0.15, 0.2) is 5.96 Å². The summed E-state index contributed by atoms with van der Waals surface area (Å²) >= 11 is 0. The van der Waals surface area contributed by atoms with E-state index in [0.717, 1.165) is 49.9 Å². The molecule has 0 atom stereocenters. The highest BCUT2D eigenvalue weighted by Crippen LogP contribution is 2.27. The lowest BCUT2D eigenvalue weighted by Gasteiger charge is -2.22. The van der Waals surface area contributed by atoms with E-state index in [1.807, 2.05) is 6.20 Å². The minimum Gasteiger partial charge on any atom is -0.357 e. The van der Waals surface area contributed by atoms with Gasteiger partial charge in [0.1, 0.15) is 5.82 Å². The van der Waals surface area contributed by atoms with Crippen LogP contribution in [0.1, 0.15) is 30.9 Å². The Balaban J connectivity index is 1.48. The van der Waals surface area contributed by atoms with Crippen molar-refractivity contribution in [3.63, 3.8) is 0 Å². The first-order chi connectivity index (χ1) is 12.8. The molecule has 2 aliphatic heterocycles. The molecule has 3 heterocycles. The summed E-state index contributed by atoms with van der Waals surface area (Å²) in [4.78, 5) is 14.2. The highest BCUT2D eigenvalue weighted by molar-refractivity contribution is 5.97. The topological polar surface area (TPSA) is 43.8 Å². The molecule has 1 saturated heterocycles. The Morgan fingerprint density at radius 3 is 2.73 bits per heavy atom. The Labute approximate surface area is 155 Å². The normalized spacial score (nSPS) is 16.9. The molecule has 5 nitrogen and oxygen atoms in total. The van der Waals surface area contributed by atoms with E-state index in [4.69, 9.17) is 4.99 Å². The zero-order chi connectivity index (χ0) is 17.8. The number of hydrogen-bond donors (Lipinski definition) is 1. The molecule has 1 N–H and O–H groups in total. The van der Waals surface area contributed by atoms with Crippen molar-refractivity contribution >= 4 is 17.5 Å². The van der Waals surface area contributed by atoms with E-state index in [-0.39, 0.29) is 0 Å². The second-order valence-corrected chi connectivity index (χ2v) is 6.92. The largest absolute Gasteiger partial charge is 0.357 e. The van der Waals surface area contributed by atoms with Gasteiger partial charge in [0.05, 0.1) is 6.54 Å². The van der Waals surface area contributed by atoms with Crippen molar-refractivity contribution in [2.24, 2.45) is 4.99 Å². The van der Waals surface area contributed by atoms with Crippen molar-refractivity contribution in [3.8, 4) is 0 Å². The fourth-order valence-electron chi connectivity index (χ4n) is 3.76. The number of hydrogen-bond acceptors (Lipinski definition) is 3. The lowest BCUT2D eigenvalue weighted by molar-refractivity contribution is 0.879. The Hall–Kier alpha value is -2.56. The molecule has 136 valence electrons. The highest BCUT2D eigenvalue weighted by Gasteiger charge is 2.22. The standard InChI is InChI=1S/C21H27N5/c1-2-22-21(26-14-11-18-7-3-4-8-19(18)26)24-16-17-9-10-20(23-15-17)25-12-5-6-13-25/h3-4,7-10,15H,2,5-6,11-14,16H2,1H3,(H,22,24). The number of nitrogens with zero attached hydrogens (tertiary/aromatic N) is 4. The Kier molecular flexibility index (Phi) is 5.04. The third-order valence-corrected chi connectivity index (χ3v) is 5.13. The van der Waals surface area contributed by atoms with E-state index < -0.39 is 0 Å². The van der Waals surface area contributed by atoms with Crippen molar-refractivity contribution in [1.82, 2.24) is 10.3 Å². The molecule has 1 fully saturated rings. The molecule has 0 bridgehead atoms. The van der Waals surface area contributed by atoms with E-state index in [1.54, 1.807) is 0 Å². The van der Waals surface area contributed by atoms with Crippen LogP contribution in [-0.2, 0) is 13.0 Å². The van der Waals surface area contributed by atoms with Crippen molar-refractivity contribution < 1.29 is 0 Å². The van der Waals surface area contributed by atoms with Gasteiger partial charge in [0.2, 0.25) is 0 Å². The van der Waals surface area contributed by atoms with E-state index in [9.17, 15) is 0 Å². The number of benzene rings is 1. The molecule has 0 spiro atoms. The van der Waals surface area contributed by atoms with Gasteiger partial charge >= 0.3 is 0 Å². The zero-order valence-corrected chi connectivity index (χ0v) is 15.5. The molecule has 4 rings (SSSR count). The Morgan fingerprint density at radius 2 is 1.96 bits per heavy atom. The fourth-order valence-corrected chi connectivity index (χ4v) is 3.76. The first-order valence-corrected chi connectivity index (χ1v) is 9.69. The quantitative estimate of drug-likeness (QED) is 0.680. The SMILES string of the molecule is CCNC(=NCc1ccc(N2CCCC2)nc1)N1CCc2ccccc21. The number of aromatic nitrogens is 1. The average Bonchev–Trinajstić information content (AvgIpc) is 3.36. The summed E-state index contributed by atoms with van der Waals surface area (Å²) < 4.78 is 0. The Bertz CT molecular complexity index is 762. The maximum Gasteiger partial charge on any atom is 0.198 e. The molecule has 2 aromatic rings. The number of fused-ring (bicyclic) bond motifs is 1. The van der Waals surface area contributed by atoms with Crippen LogP contribution in [0.3, 0.4) is 0 Å². The number of aliphatic imine (C=N–C) groups is 1. The van der Waals surface area contributed by atoms with Crippen LogP contribution < -0.4 is 15.1 Å².